The number of nitrogens with one attached hydrogen (secondary N) is 1. The van der Waals surface area contributed by atoms with Gasteiger partial charge in [0.05, 0.1) is 11.1 Å². The molecule has 1 aliphatic rings. The van der Waals surface area contributed by atoms with E-state index in [9.17, 15) is 13.2 Å². The van der Waals surface area contributed by atoms with E-state index in [-0.39, 0.29) is 16.7 Å². The minimum atomic E-state index is -3.51. The summed E-state index contributed by atoms with van der Waals surface area (Å²) in [6.07, 6.45) is 2.56. The molecule has 0 aliphatic carbocycles. The molecule has 0 atom stereocenters. The van der Waals surface area contributed by atoms with E-state index in [1.165, 1.54) is 4.31 Å². The maximum absolute atomic E-state index is 12.7. The summed E-state index contributed by atoms with van der Waals surface area (Å²) in [7, 11) is 0.439. The molecule has 29 heavy (non-hydrogen) atoms. The third-order valence-electron chi connectivity index (χ3n) is 5.00. The maximum Gasteiger partial charge on any atom is 0.243 e. The van der Waals surface area contributed by atoms with Gasteiger partial charge in [-0.05, 0) is 42.7 Å². The standard InChI is InChI=1S/C21H26N4O3S/c1-24(2)19-10-8-17(9-11-19)16-22-23-21(26)18-12-14-25(15-13-18)29(27,28)20-6-4-3-5-7-20/h3-11,16,18H,12-15H2,1-2H3,(H,23,26)/b22-16-. The van der Waals surface area contributed by atoms with Gasteiger partial charge in [-0.1, -0.05) is 30.3 Å². The number of hydrogen-bond acceptors (Lipinski definition) is 5. The SMILES string of the molecule is CN(C)c1ccc(/C=N\NC(=O)C2CCN(S(=O)(=O)c3ccccc3)CC2)cc1. The molecule has 8 heteroatoms. The van der Waals surface area contributed by atoms with Crippen molar-refractivity contribution in [2.24, 2.45) is 11.0 Å². The summed E-state index contributed by atoms with van der Waals surface area (Å²) in [5, 5.41) is 4.04. The van der Waals surface area contributed by atoms with E-state index in [2.05, 4.69) is 10.5 Å². The largest absolute Gasteiger partial charge is 0.378 e. The van der Waals surface area contributed by atoms with Gasteiger partial charge in [-0.3, -0.25) is 4.79 Å². The first-order valence-corrected chi connectivity index (χ1v) is 11.0. The number of hydrazone groups is 1. The fourth-order valence-electron chi connectivity index (χ4n) is 3.22. The van der Waals surface area contributed by atoms with E-state index >= 15 is 0 Å². The average Bonchev–Trinajstić information content (AvgIpc) is 2.74. The van der Waals surface area contributed by atoms with Crippen molar-refractivity contribution in [1.82, 2.24) is 9.73 Å². The van der Waals surface area contributed by atoms with E-state index in [0.29, 0.717) is 25.9 Å². The van der Waals surface area contributed by atoms with Crippen LogP contribution in [0, 0.1) is 5.92 Å². The topological polar surface area (TPSA) is 82.1 Å². The van der Waals surface area contributed by atoms with Gasteiger partial charge < -0.3 is 4.90 Å². The summed E-state index contributed by atoms with van der Waals surface area (Å²) in [5.41, 5.74) is 4.55. The van der Waals surface area contributed by atoms with Crippen LogP contribution in [0.5, 0.6) is 0 Å². The molecule has 1 saturated heterocycles. The van der Waals surface area contributed by atoms with E-state index in [4.69, 9.17) is 0 Å². The second kappa shape index (κ2) is 9.19. The average molecular weight is 415 g/mol. The number of nitrogens with zero attached hydrogens (tertiary/aromatic N) is 3. The number of anilines is 1. The molecule has 2 aromatic carbocycles. The molecule has 1 amide bonds. The third-order valence-corrected chi connectivity index (χ3v) is 6.92. The fourth-order valence-corrected chi connectivity index (χ4v) is 4.71. The molecule has 0 radical (unpaired) electrons. The number of carbonyl (C=O) groups excluding carboxylic acids is 1. The quantitative estimate of drug-likeness (QED) is 0.581. The van der Waals surface area contributed by atoms with Gasteiger partial charge in [0.15, 0.2) is 0 Å². The van der Waals surface area contributed by atoms with Crippen molar-refractivity contribution in [3.05, 3.63) is 60.2 Å². The highest BCUT2D eigenvalue weighted by molar-refractivity contribution is 7.89. The first-order chi connectivity index (χ1) is 13.9. The van der Waals surface area contributed by atoms with Gasteiger partial charge in [0, 0.05) is 38.8 Å². The lowest BCUT2D eigenvalue weighted by molar-refractivity contribution is -0.126. The minimum Gasteiger partial charge on any atom is -0.378 e. The van der Waals surface area contributed by atoms with Crippen LogP contribution in [0.1, 0.15) is 18.4 Å². The number of amides is 1. The van der Waals surface area contributed by atoms with Crippen LogP contribution in [-0.4, -0.2) is 52.0 Å². The fraction of sp³-hybridized carbons (Fsp3) is 0.333. The van der Waals surface area contributed by atoms with Crippen LogP contribution < -0.4 is 10.3 Å². The third kappa shape index (κ3) is 5.21. The van der Waals surface area contributed by atoms with Crippen LogP contribution in [0.15, 0.2) is 64.6 Å². The number of piperidine rings is 1. The molecule has 7 nitrogen and oxygen atoms in total. The smallest absolute Gasteiger partial charge is 0.243 e. The molecule has 0 bridgehead atoms. The van der Waals surface area contributed by atoms with Crippen LogP contribution >= 0.6 is 0 Å². The van der Waals surface area contributed by atoms with Crippen LogP contribution in [0.4, 0.5) is 5.69 Å². The van der Waals surface area contributed by atoms with E-state index in [1.807, 2.05) is 43.3 Å². The Bertz CT molecular complexity index is 949. The first kappa shape index (κ1) is 21.0. The van der Waals surface area contributed by atoms with Crippen molar-refractivity contribution in [3.63, 3.8) is 0 Å². The minimum absolute atomic E-state index is 0.178. The molecule has 1 N–H and O–H groups in total. The van der Waals surface area contributed by atoms with Crippen molar-refractivity contribution < 1.29 is 13.2 Å². The Kier molecular flexibility index (Phi) is 6.66. The maximum atomic E-state index is 12.7. The molecule has 3 rings (SSSR count). The Morgan fingerprint density at radius 3 is 2.28 bits per heavy atom. The van der Waals surface area contributed by atoms with Gasteiger partial charge in [-0.25, -0.2) is 13.8 Å². The molecule has 0 spiro atoms. The lowest BCUT2D eigenvalue weighted by Gasteiger charge is -2.30. The number of hydrogen-bond donors (Lipinski definition) is 1. The van der Waals surface area contributed by atoms with Crippen molar-refractivity contribution in [2.45, 2.75) is 17.7 Å². The first-order valence-electron chi connectivity index (χ1n) is 9.53. The number of rotatable bonds is 6. The van der Waals surface area contributed by atoms with Crippen molar-refractivity contribution in [1.29, 1.82) is 0 Å². The Balaban J connectivity index is 1.51. The highest BCUT2D eigenvalue weighted by atomic mass is 32.2. The molecule has 0 unspecified atom stereocenters. The molecular weight excluding hydrogens is 388 g/mol. The van der Waals surface area contributed by atoms with E-state index in [0.717, 1.165) is 11.3 Å². The zero-order valence-electron chi connectivity index (χ0n) is 16.7. The number of carbonyl (C=O) groups is 1. The van der Waals surface area contributed by atoms with Crippen molar-refractivity contribution in [2.75, 3.05) is 32.1 Å². The van der Waals surface area contributed by atoms with Crippen molar-refractivity contribution in [3.8, 4) is 0 Å². The van der Waals surface area contributed by atoms with Gasteiger partial charge in [0.1, 0.15) is 0 Å². The Morgan fingerprint density at radius 2 is 1.69 bits per heavy atom. The molecule has 1 fully saturated rings. The van der Waals surface area contributed by atoms with Crippen LogP contribution in [0.2, 0.25) is 0 Å². The van der Waals surface area contributed by atoms with Gasteiger partial charge in [-0.2, -0.15) is 9.41 Å². The zero-order valence-corrected chi connectivity index (χ0v) is 17.5. The highest BCUT2D eigenvalue weighted by Crippen LogP contribution is 2.23. The molecule has 0 aromatic heterocycles. The van der Waals surface area contributed by atoms with Gasteiger partial charge in [-0.15, -0.1) is 0 Å². The van der Waals surface area contributed by atoms with Crippen LogP contribution in [-0.2, 0) is 14.8 Å². The Hall–Kier alpha value is -2.71. The van der Waals surface area contributed by atoms with E-state index in [1.54, 1.807) is 36.5 Å². The number of benzene rings is 2. The molecule has 1 aliphatic heterocycles. The normalized spacial score (nSPS) is 16.1. The van der Waals surface area contributed by atoms with Crippen LogP contribution in [0.25, 0.3) is 0 Å². The lowest BCUT2D eigenvalue weighted by Crippen LogP contribution is -2.42. The molecule has 0 saturated carbocycles. The second-order valence-electron chi connectivity index (χ2n) is 7.21. The predicted octanol–water partition coefficient (Wildman–Crippen LogP) is 2.30. The summed E-state index contributed by atoms with van der Waals surface area (Å²) < 4.78 is 26.8. The summed E-state index contributed by atoms with van der Waals surface area (Å²) in [6, 6.07) is 16.2. The molecule has 1 heterocycles. The summed E-state index contributed by atoms with van der Waals surface area (Å²) in [6.45, 7) is 0.649. The van der Waals surface area contributed by atoms with Crippen molar-refractivity contribution >= 4 is 27.8 Å². The van der Waals surface area contributed by atoms with E-state index < -0.39 is 10.0 Å². The summed E-state index contributed by atoms with van der Waals surface area (Å²) >= 11 is 0. The highest BCUT2D eigenvalue weighted by Gasteiger charge is 2.31. The Labute approximate surface area is 172 Å². The lowest BCUT2D eigenvalue weighted by atomic mass is 9.98. The van der Waals surface area contributed by atoms with Gasteiger partial charge in [0.2, 0.25) is 15.9 Å². The summed E-state index contributed by atoms with van der Waals surface area (Å²) in [4.78, 5) is 14.7. The van der Waals surface area contributed by atoms with Gasteiger partial charge in [0.25, 0.3) is 0 Å². The number of sulfonamides is 1. The molecule has 154 valence electrons. The zero-order chi connectivity index (χ0) is 20.9. The molecule has 2 aromatic rings. The Morgan fingerprint density at radius 1 is 1.07 bits per heavy atom. The molecular formula is C21H26N4O3S. The van der Waals surface area contributed by atoms with Crippen LogP contribution in [0.3, 0.4) is 0 Å². The second-order valence-corrected chi connectivity index (χ2v) is 9.15. The summed E-state index contributed by atoms with van der Waals surface area (Å²) in [5.74, 6) is -0.423. The monoisotopic (exact) mass is 414 g/mol. The van der Waals surface area contributed by atoms with Gasteiger partial charge >= 0.3 is 0 Å². The predicted molar refractivity (Wildman–Crippen MR) is 114 cm³/mol.